The molecule has 2 aromatic rings. The molecule has 104 valence electrons. The minimum atomic E-state index is -1.05. The molecule has 0 aliphatic carbocycles. The Morgan fingerprint density at radius 2 is 1.75 bits per heavy atom. The first-order valence-electron chi connectivity index (χ1n) is 6.01. The molecule has 0 aliphatic rings. The fraction of sp³-hybridized carbons (Fsp3) is 0.133. The number of nitrogen functional groups attached to an aromatic ring is 1. The van der Waals surface area contributed by atoms with Gasteiger partial charge in [0, 0.05) is 16.9 Å². The molecule has 0 spiro atoms. The van der Waals surface area contributed by atoms with Gasteiger partial charge in [0.25, 0.3) is 5.91 Å². The van der Waals surface area contributed by atoms with E-state index in [2.05, 4.69) is 5.32 Å². The largest absolute Gasteiger partial charge is 0.399 e. The Balaban J connectivity index is 2.27. The lowest BCUT2D eigenvalue weighted by atomic mass is 10.1. The summed E-state index contributed by atoms with van der Waals surface area (Å²) >= 11 is 0. The molecule has 20 heavy (non-hydrogen) atoms. The zero-order valence-corrected chi connectivity index (χ0v) is 11.1. The van der Waals surface area contributed by atoms with Gasteiger partial charge in [0.1, 0.15) is 0 Å². The summed E-state index contributed by atoms with van der Waals surface area (Å²) in [6, 6.07) is 6.50. The number of carbonyl (C=O) groups is 1. The van der Waals surface area contributed by atoms with Crippen LogP contribution in [0.5, 0.6) is 0 Å². The molecule has 5 heteroatoms. The highest BCUT2D eigenvalue weighted by molar-refractivity contribution is 6.04. The summed E-state index contributed by atoms with van der Waals surface area (Å²) in [7, 11) is 0. The molecular formula is C15H14F2N2O. The van der Waals surface area contributed by atoms with Gasteiger partial charge in [0.15, 0.2) is 11.6 Å². The van der Waals surface area contributed by atoms with E-state index in [1.165, 1.54) is 6.07 Å². The molecule has 1 amide bonds. The third kappa shape index (κ3) is 2.77. The van der Waals surface area contributed by atoms with E-state index < -0.39 is 17.5 Å². The summed E-state index contributed by atoms with van der Waals surface area (Å²) < 4.78 is 25.9. The van der Waals surface area contributed by atoms with Crippen LogP contribution in [0.4, 0.5) is 20.2 Å². The molecule has 2 aromatic carbocycles. The standard InChI is InChI=1S/C15H14F2N2O/c1-8-6-14(9(2)5-13(8)18)19-15(20)10-3-4-11(16)12(17)7-10/h3-7H,18H2,1-2H3,(H,19,20). The second-order valence-electron chi connectivity index (χ2n) is 4.61. The average molecular weight is 276 g/mol. The van der Waals surface area contributed by atoms with Gasteiger partial charge in [-0.05, 0) is 55.3 Å². The fourth-order valence-corrected chi connectivity index (χ4v) is 1.81. The summed E-state index contributed by atoms with van der Waals surface area (Å²) in [6.45, 7) is 3.62. The SMILES string of the molecule is Cc1cc(NC(=O)c2ccc(F)c(F)c2)c(C)cc1N. The van der Waals surface area contributed by atoms with Gasteiger partial charge in [-0.3, -0.25) is 4.79 Å². The van der Waals surface area contributed by atoms with Crippen LogP contribution in [0.25, 0.3) is 0 Å². The van der Waals surface area contributed by atoms with Crippen LogP contribution in [0.15, 0.2) is 30.3 Å². The average Bonchev–Trinajstić information content (AvgIpc) is 2.39. The van der Waals surface area contributed by atoms with Crippen molar-refractivity contribution < 1.29 is 13.6 Å². The second kappa shape index (κ2) is 5.28. The van der Waals surface area contributed by atoms with E-state index in [9.17, 15) is 13.6 Å². The molecule has 0 heterocycles. The van der Waals surface area contributed by atoms with Gasteiger partial charge in [-0.2, -0.15) is 0 Å². The number of amides is 1. The zero-order chi connectivity index (χ0) is 14.9. The Labute approximate surface area is 115 Å². The van der Waals surface area contributed by atoms with Gasteiger partial charge in [-0.15, -0.1) is 0 Å². The van der Waals surface area contributed by atoms with Gasteiger partial charge in [-0.1, -0.05) is 0 Å². The van der Waals surface area contributed by atoms with Crippen molar-refractivity contribution in [3.8, 4) is 0 Å². The molecule has 2 rings (SSSR count). The number of nitrogens with two attached hydrogens (primary N) is 1. The van der Waals surface area contributed by atoms with E-state index in [1.807, 2.05) is 6.92 Å². The molecule has 0 saturated carbocycles. The summed E-state index contributed by atoms with van der Waals surface area (Å²) in [6.07, 6.45) is 0. The maximum Gasteiger partial charge on any atom is 0.255 e. The van der Waals surface area contributed by atoms with E-state index in [1.54, 1.807) is 19.1 Å². The number of hydrogen-bond acceptors (Lipinski definition) is 2. The minimum Gasteiger partial charge on any atom is -0.399 e. The third-order valence-electron chi connectivity index (χ3n) is 3.04. The van der Waals surface area contributed by atoms with Gasteiger partial charge in [-0.25, -0.2) is 8.78 Å². The zero-order valence-electron chi connectivity index (χ0n) is 11.1. The number of benzene rings is 2. The highest BCUT2D eigenvalue weighted by Gasteiger charge is 2.11. The topological polar surface area (TPSA) is 55.1 Å². The molecule has 0 atom stereocenters. The van der Waals surface area contributed by atoms with Crippen molar-refractivity contribution in [2.45, 2.75) is 13.8 Å². The van der Waals surface area contributed by atoms with Crippen LogP contribution in [-0.4, -0.2) is 5.91 Å². The van der Waals surface area contributed by atoms with E-state index >= 15 is 0 Å². The normalized spacial score (nSPS) is 10.4. The van der Waals surface area contributed by atoms with Crippen LogP contribution >= 0.6 is 0 Å². The van der Waals surface area contributed by atoms with Gasteiger partial charge in [0.05, 0.1) is 0 Å². The Kier molecular flexibility index (Phi) is 3.70. The van der Waals surface area contributed by atoms with Crippen molar-refractivity contribution >= 4 is 17.3 Å². The lowest BCUT2D eigenvalue weighted by molar-refractivity contribution is 0.102. The summed E-state index contributed by atoms with van der Waals surface area (Å²) in [5, 5.41) is 2.66. The van der Waals surface area contributed by atoms with Crippen LogP contribution in [0.1, 0.15) is 21.5 Å². The quantitative estimate of drug-likeness (QED) is 0.826. The first-order chi connectivity index (χ1) is 9.38. The van der Waals surface area contributed by atoms with Crippen molar-refractivity contribution in [3.63, 3.8) is 0 Å². The number of halogens is 2. The molecule has 0 radical (unpaired) electrons. The highest BCUT2D eigenvalue weighted by Crippen LogP contribution is 2.22. The lowest BCUT2D eigenvalue weighted by Crippen LogP contribution is -2.13. The summed E-state index contributed by atoms with van der Waals surface area (Å²) in [4.78, 5) is 12.0. The Bertz CT molecular complexity index is 684. The fourth-order valence-electron chi connectivity index (χ4n) is 1.81. The molecule has 0 aromatic heterocycles. The third-order valence-corrected chi connectivity index (χ3v) is 3.04. The first kappa shape index (κ1) is 14.0. The molecule has 0 saturated heterocycles. The Morgan fingerprint density at radius 1 is 1.05 bits per heavy atom. The minimum absolute atomic E-state index is 0.0535. The number of rotatable bonds is 2. The highest BCUT2D eigenvalue weighted by atomic mass is 19.2. The number of carbonyl (C=O) groups excluding carboxylic acids is 1. The Morgan fingerprint density at radius 3 is 2.40 bits per heavy atom. The maximum atomic E-state index is 13.1. The van der Waals surface area contributed by atoms with Crippen LogP contribution in [0.3, 0.4) is 0 Å². The summed E-state index contributed by atoms with van der Waals surface area (Å²) in [5.74, 6) is -2.54. The number of hydrogen-bond donors (Lipinski definition) is 2. The molecule has 0 aliphatic heterocycles. The van der Waals surface area contributed by atoms with Crippen molar-refractivity contribution in [2.75, 3.05) is 11.1 Å². The molecule has 0 bridgehead atoms. The summed E-state index contributed by atoms with van der Waals surface area (Å²) in [5.41, 5.74) is 8.66. The smallest absolute Gasteiger partial charge is 0.255 e. The van der Waals surface area contributed by atoms with E-state index in [0.29, 0.717) is 11.4 Å². The van der Waals surface area contributed by atoms with Crippen LogP contribution < -0.4 is 11.1 Å². The molecular weight excluding hydrogens is 262 g/mol. The predicted molar refractivity (Wildman–Crippen MR) is 74.6 cm³/mol. The molecule has 0 unspecified atom stereocenters. The number of anilines is 2. The van der Waals surface area contributed by atoms with Crippen molar-refractivity contribution in [1.29, 1.82) is 0 Å². The Hall–Kier alpha value is -2.43. The van der Waals surface area contributed by atoms with E-state index in [-0.39, 0.29) is 5.56 Å². The molecule has 3 nitrogen and oxygen atoms in total. The van der Waals surface area contributed by atoms with Gasteiger partial charge >= 0.3 is 0 Å². The monoisotopic (exact) mass is 276 g/mol. The van der Waals surface area contributed by atoms with Crippen molar-refractivity contribution in [1.82, 2.24) is 0 Å². The maximum absolute atomic E-state index is 13.1. The predicted octanol–water partition coefficient (Wildman–Crippen LogP) is 3.42. The van der Waals surface area contributed by atoms with E-state index in [0.717, 1.165) is 23.3 Å². The number of nitrogens with one attached hydrogen (secondary N) is 1. The van der Waals surface area contributed by atoms with Crippen molar-refractivity contribution in [2.24, 2.45) is 0 Å². The van der Waals surface area contributed by atoms with E-state index in [4.69, 9.17) is 5.73 Å². The van der Waals surface area contributed by atoms with Gasteiger partial charge < -0.3 is 11.1 Å². The van der Waals surface area contributed by atoms with Crippen molar-refractivity contribution in [3.05, 3.63) is 58.7 Å². The number of aryl methyl sites for hydroxylation is 2. The molecule has 3 N–H and O–H groups in total. The van der Waals surface area contributed by atoms with Crippen LogP contribution in [-0.2, 0) is 0 Å². The lowest BCUT2D eigenvalue weighted by Gasteiger charge is -2.11. The van der Waals surface area contributed by atoms with Crippen LogP contribution in [0.2, 0.25) is 0 Å². The molecule has 0 fully saturated rings. The first-order valence-corrected chi connectivity index (χ1v) is 6.01. The second-order valence-corrected chi connectivity index (χ2v) is 4.61. The van der Waals surface area contributed by atoms with Gasteiger partial charge in [0.2, 0.25) is 0 Å². The van der Waals surface area contributed by atoms with Crippen LogP contribution in [0, 0.1) is 25.5 Å².